The number of rotatable bonds is 5. The zero-order chi connectivity index (χ0) is 17.5. The van der Waals surface area contributed by atoms with Gasteiger partial charge in [-0.2, -0.15) is 0 Å². The lowest BCUT2D eigenvalue weighted by atomic mass is 10.1. The van der Waals surface area contributed by atoms with Crippen LogP contribution in [0, 0.1) is 0 Å². The van der Waals surface area contributed by atoms with E-state index in [1.54, 1.807) is 0 Å². The number of hydrogen-bond donors (Lipinski definition) is 2. The molecule has 0 bridgehead atoms. The highest BCUT2D eigenvalue weighted by Gasteiger charge is 2.19. The number of amides is 3. The Morgan fingerprint density at radius 2 is 1.83 bits per heavy atom. The smallest absolute Gasteiger partial charge is 0.321 e. The van der Waals surface area contributed by atoms with Gasteiger partial charge in [0.15, 0.2) is 6.10 Å². The molecule has 0 radical (unpaired) electrons. The van der Waals surface area contributed by atoms with Crippen molar-refractivity contribution in [3.05, 3.63) is 42.5 Å². The molecule has 0 heterocycles. The standard InChI is InChI=1S/C17H18N2O4S/c1-11(16(21)19-17(22)18-2)23-15(20)10-24-14-8-7-12-5-3-4-6-13(12)9-14/h3-9,11H,10H2,1-2H3,(H2,18,19,21,22). The van der Waals surface area contributed by atoms with Crippen LogP contribution in [0.4, 0.5) is 4.79 Å². The molecule has 0 fully saturated rings. The number of esters is 1. The van der Waals surface area contributed by atoms with Crippen LogP contribution in [0.2, 0.25) is 0 Å². The molecule has 2 aromatic rings. The molecular weight excluding hydrogens is 328 g/mol. The van der Waals surface area contributed by atoms with Crippen molar-refractivity contribution in [1.29, 1.82) is 0 Å². The molecule has 2 aromatic carbocycles. The van der Waals surface area contributed by atoms with Crippen molar-refractivity contribution in [3.63, 3.8) is 0 Å². The third kappa shape index (κ3) is 4.99. The number of thioether (sulfide) groups is 1. The van der Waals surface area contributed by atoms with Gasteiger partial charge in [-0.25, -0.2) is 4.79 Å². The van der Waals surface area contributed by atoms with Crippen LogP contribution in [0.3, 0.4) is 0 Å². The van der Waals surface area contributed by atoms with Gasteiger partial charge in [-0.3, -0.25) is 14.9 Å². The fourth-order valence-corrected chi connectivity index (χ4v) is 2.69. The Morgan fingerprint density at radius 3 is 2.54 bits per heavy atom. The van der Waals surface area contributed by atoms with E-state index in [0.29, 0.717) is 0 Å². The largest absolute Gasteiger partial charge is 0.452 e. The summed E-state index contributed by atoms with van der Waals surface area (Å²) in [5.41, 5.74) is 0. The van der Waals surface area contributed by atoms with Crippen molar-refractivity contribution in [3.8, 4) is 0 Å². The molecule has 7 heteroatoms. The molecule has 1 unspecified atom stereocenters. The number of nitrogens with one attached hydrogen (secondary N) is 2. The first-order chi connectivity index (χ1) is 11.5. The number of carbonyl (C=O) groups is 3. The molecular formula is C17H18N2O4S. The summed E-state index contributed by atoms with van der Waals surface area (Å²) in [5.74, 6) is -1.11. The highest BCUT2D eigenvalue weighted by Crippen LogP contribution is 2.23. The summed E-state index contributed by atoms with van der Waals surface area (Å²) in [7, 11) is 1.39. The summed E-state index contributed by atoms with van der Waals surface area (Å²) in [6.45, 7) is 1.41. The minimum Gasteiger partial charge on any atom is -0.452 e. The van der Waals surface area contributed by atoms with Crippen molar-refractivity contribution in [2.45, 2.75) is 17.9 Å². The Balaban J connectivity index is 1.85. The maximum atomic E-state index is 11.8. The maximum Gasteiger partial charge on any atom is 0.321 e. The number of hydrogen-bond acceptors (Lipinski definition) is 5. The van der Waals surface area contributed by atoms with Gasteiger partial charge in [0, 0.05) is 11.9 Å². The summed E-state index contributed by atoms with van der Waals surface area (Å²) >= 11 is 1.33. The molecule has 0 saturated carbocycles. The van der Waals surface area contributed by atoms with E-state index >= 15 is 0 Å². The number of imide groups is 1. The van der Waals surface area contributed by atoms with E-state index < -0.39 is 24.0 Å². The van der Waals surface area contributed by atoms with Crippen molar-refractivity contribution in [2.24, 2.45) is 0 Å². The van der Waals surface area contributed by atoms with Gasteiger partial charge in [0.2, 0.25) is 0 Å². The Kier molecular flexibility index (Phi) is 6.20. The van der Waals surface area contributed by atoms with E-state index in [0.717, 1.165) is 15.7 Å². The minimum absolute atomic E-state index is 0.0793. The molecule has 0 aliphatic carbocycles. The van der Waals surface area contributed by atoms with Gasteiger partial charge in [-0.05, 0) is 29.8 Å². The lowest BCUT2D eigenvalue weighted by molar-refractivity contribution is -0.151. The number of ether oxygens (including phenoxy) is 1. The highest BCUT2D eigenvalue weighted by atomic mass is 32.2. The van der Waals surface area contributed by atoms with Crippen LogP contribution in [-0.2, 0) is 14.3 Å². The second-order valence-corrected chi connectivity index (χ2v) is 6.05. The molecule has 24 heavy (non-hydrogen) atoms. The Morgan fingerprint density at radius 1 is 1.12 bits per heavy atom. The molecule has 0 aliphatic heterocycles. The van der Waals surface area contributed by atoms with Gasteiger partial charge < -0.3 is 10.1 Å². The molecule has 0 aromatic heterocycles. The van der Waals surface area contributed by atoms with Gasteiger partial charge in [-0.1, -0.05) is 30.3 Å². The quantitative estimate of drug-likeness (QED) is 0.641. The summed E-state index contributed by atoms with van der Waals surface area (Å²) < 4.78 is 5.01. The SMILES string of the molecule is CNC(=O)NC(=O)C(C)OC(=O)CSc1ccc2ccccc2c1. The normalized spacial score (nSPS) is 11.6. The number of fused-ring (bicyclic) bond motifs is 1. The van der Waals surface area contributed by atoms with E-state index in [2.05, 4.69) is 10.6 Å². The Bertz CT molecular complexity index is 763. The zero-order valence-electron chi connectivity index (χ0n) is 13.4. The first-order valence-corrected chi connectivity index (χ1v) is 8.32. The van der Waals surface area contributed by atoms with E-state index in [4.69, 9.17) is 4.74 Å². The summed E-state index contributed by atoms with van der Waals surface area (Å²) in [5, 5.41) is 6.53. The van der Waals surface area contributed by atoms with Crippen LogP contribution in [-0.4, -0.2) is 36.8 Å². The van der Waals surface area contributed by atoms with Crippen LogP contribution in [0.25, 0.3) is 10.8 Å². The van der Waals surface area contributed by atoms with Gasteiger partial charge in [0.25, 0.3) is 5.91 Å². The van der Waals surface area contributed by atoms with E-state index in [1.807, 2.05) is 42.5 Å². The molecule has 0 saturated heterocycles. The molecule has 3 amide bonds. The van der Waals surface area contributed by atoms with Crippen LogP contribution in [0.1, 0.15) is 6.92 Å². The van der Waals surface area contributed by atoms with Crippen molar-refractivity contribution >= 4 is 40.4 Å². The number of urea groups is 1. The molecule has 126 valence electrons. The third-order valence-electron chi connectivity index (χ3n) is 3.22. The lowest BCUT2D eigenvalue weighted by Crippen LogP contribution is -2.43. The van der Waals surface area contributed by atoms with Crippen molar-refractivity contribution in [2.75, 3.05) is 12.8 Å². The Hall–Kier alpha value is -2.54. The second kappa shape index (κ2) is 8.35. The third-order valence-corrected chi connectivity index (χ3v) is 4.19. The zero-order valence-corrected chi connectivity index (χ0v) is 14.2. The van der Waals surface area contributed by atoms with Crippen molar-refractivity contribution < 1.29 is 19.1 Å². The number of benzene rings is 2. The first-order valence-electron chi connectivity index (χ1n) is 7.33. The molecule has 2 N–H and O–H groups in total. The molecule has 6 nitrogen and oxygen atoms in total. The molecule has 0 spiro atoms. The van der Waals surface area contributed by atoms with Gasteiger partial charge in [0.05, 0.1) is 5.75 Å². The average molecular weight is 346 g/mol. The van der Waals surface area contributed by atoms with Gasteiger partial charge >= 0.3 is 12.0 Å². The first kappa shape index (κ1) is 17.8. The molecule has 0 aliphatic rings. The van der Waals surface area contributed by atoms with E-state index in [-0.39, 0.29) is 5.75 Å². The van der Waals surface area contributed by atoms with Crippen LogP contribution < -0.4 is 10.6 Å². The number of carbonyl (C=O) groups excluding carboxylic acids is 3. The summed E-state index contributed by atoms with van der Waals surface area (Å²) in [6.07, 6.45) is -1.04. The van der Waals surface area contributed by atoms with E-state index in [9.17, 15) is 14.4 Å². The predicted molar refractivity (Wildman–Crippen MR) is 92.8 cm³/mol. The van der Waals surface area contributed by atoms with Crippen LogP contribution in [0.5, 0.6) is 0 Å². The highest BCUT2D eigenvalue weighted by molar-refractivity contribution is 8.00. The van der Waals surface area contributed by atoms with E-state index in [1.165, 1.54) is 25.7 Å². The average Bonchev–Trinajstić information content (AvgIpc) is 2.59. The minimum atomic E-state index is -1.04. The van der Waals surface area contributed by atoms with Gasteiger partial charge in [0.1, 0.15) is 0 Å². The van der Waals surface area contributed by atoms with Crippen molar-refractivity contribution in [1.82, 2.24) is 10.6 Å². The monoisotopic (exact) mass is 346 g/mol. The van der Waals surface area contributed by atoms with Gasteiger partial charge in [-0.15, -0.1) is 11.8 Å². The predicted octanol–water partition coefficient (Wildman–Crippen LogP) is 2.32. The summed E-state index contributed by atoms with van der Waals surface area (Å²) in [6, 6.07) is 13.2. The molecule has 1 atom stereocenters. The summed E-state index contributed by atoms with van der Waals surface area (Å²) in [4.78, 5) is 35.4. The lowest BCUT2D eigenvalue weighted by Gasteiger charge is -2.12. The molecule has 2 rings (SSSR count). The Labute approximate surface area is 143 Å². The fourth-order valence-electron chi connectivity index (χ4n) is 1.96. The maximum absolute atomic E-state index is 11.8. The fraction of sp³-hybridized carbons (Fsp3) is 0.235. The second-order valence-electron chi connectivity index (χ2n) is 5.00. The topological polar surface area (TPSA) is 84.5 Å². The van der Waals surface area contributed by atoms with Crippen LogP contribution in [0.15, 0.2) is 47.4 Å². The van der Waals surface area contributed by atoms with Crippen LogP contribution >= 0.6 is 11.8 Å².